The van der Waals surface area contributed by atoms with Crippen molar-refractivity contribution in [3.8, 4) is 0 Å². The molecule has 0 unspecified atom stereocenters. The average Bonchev–Trinajstić information content (AvgIpc) is 2.45. The summed E-state index contributed by atoms with van der Waals surface area (Å²) in [6, 6.07) is 9.93. The minimum Gasteiger partial charge on any atom is -0.314 e. The topological polar surface area (TPSA) is 15.3 Å². The summed E-state index contributed by atoms with van der Waals surface area (Å²) in [5, 5.41) is 3.45. The van der Waals surface area contributed by atoms with Gasteiger partial charge in [-0.15, -0.1) is 0 Å². The average molecular weight is 274 g/mol. The van der Waals surface area contributed by atoms with Crippen LogP contribution in [0.4, 0.5) is 0 Å². The van der Waals surface area contributed by atoms with E-state index < -0.39 is 0 Å². The van der Waals surface area contributed by atoms with E-state index in [1.165, 1.54) is 37.1 Å². The molecule has 0 spiro atoms. The molecule has 2 rings (SSSR count). The quantitative estimate of drug-likeness (QED) is 0.900. The van der Waals surface area contributed by atoms with E-state index in [1.807, 2.05) is 0 Å². The Balaban J connectivity index is 2.16. The second kappa shape index (κ2) is 6.73. The Kier molecular flexibility index (Phi) is 5.22. The fourth-order valence-corrected chi connectivity index (χ4v) is 3.03. The molecule has 1 saturated heterocycles. The summed E-state index contributed by atoms with van der Waals surface area (Å²) < 4.78 is 0. The van der Waals surface area contributed by atoms with Crippen LogP contribution in [0, 0.1) is 0 Å². The largest absolute Gasteiger partial charge is 0.314 e. The van der Waals surface area contributed by atoms with Gasteiger partial charge in [-0.3, -0.25) is 4.90 Å². The lowest BCUT2D eigenvalue weighted by atomic mass is 9.86. The minimum absolute atomic E-state index is 0.244. The summed E-state index contributed by atoms with van der Waals surface area (Å²) in [5.41, 5.74) is 3.16. The molecule has 1 N–H and O–H groups in total. The Morgan fingerprint density at radius 3 is 2.20 bits per heavy atom. The van der Waals surface area contributed by atoms with E-state index in [9.17, 15) is 0 Å². The van der Waals surface area contributed by atoms with E-state index in [4.69, 9.17) is 0 Å². The molecular formula is C18H30N2. The van der Waals surface area contributed by atoms with Gasteiger partial charge in [-0.1, -0.05) is 58.4 Å². The summed E-state index contributed by atoms with van der Waals surface area (Å²) in [5.74, 6) is 0. The van der Waals surface area contributed by atoms with Crippen LogP contribution in [0.1, 0.15) is 57.7 Å². The maximum absolute atomic E-state index is 3.45. The third-order valence-corrected chi connectivity index (χ3v) is 4.32. The van der Waals surface area contributed by atoms with Crippen molar-refractivity contribution in [2.24, 2.45) is 0 Å². The van der Waals surface area contributed by atoms with Crippen LogP contribution in [0.25, 0.3) is 0 Å². The van der Waals surface area contributed by atoms with E-state index in [1.54, 1.807) is 0 Å². The molecule has 1 heterocycles. The molecule has 0 bridgehead atoms. The lowest BCUT2D eigenvalue weighted by molar-refractivity contribution is 0.164. The van der Waals surface area contributed by atoms with Crippen molar-refractivity contribution in [1.82, 2.24) is 10.2 Å². The van der Waals surface area contributed by atoms with Gasteiger partial charge in [-0.25, -0.2) is 0 Å². The number of hydrogen-bond acceptors (Lipinski definition) is 2. The van der Waals surface area contributed by atoms with Crippen LogP contribution in [0.15, 0.2) is 24.3 Å². The fraction of sp³-hybridized carbons (Fsp3) is 0.667. The molecule has 2 nitrogen and oxygen atoms in total. The summed E-state index contributed by atoms with van der Waals surface area (Å²) in [4.78, 5) is 2.64. The van der Waals surface area contributed by atoms with Crippen LogP contribution < -0.4 is 5.32 Å². The van der Waals surface area contributed by atoms with E-state index in [0.29, 0.717) is 6.04 Å². The van der Waals surface area contributed by atoms with Gasteiger partial charge in [0.2, 0.25) is 0 Å². The second-order valence-corrected chi connectivity index (χ2v) is 6.96. The van der Waals surface area contributed by atoms with Crippen molar-refractivity contribution in [1.29, 1.82) is 0 Å². The molecule has 0 saturated carbocycles. The van der Waals surface area contributed by atoms with Crippen LogP contribution in [-0.4, -0.2) is 31.1 Å². The van der Waals surface area contributed by atoms with Gasteiger partial charge in [0.25, 0.3) is 0 Å². The number of nitrogens with one attached hydrogen (secondary N) is 1. The van der Waals surface area contributed by atoms with Gasteiger partial charge >= 0.3 is 0 Å². The van der Waals surface area contributed by atoms with Gasteiger partial charge in [0.05, 0.1) is 0 Å². The molecule has 20 heavy (non-hydrogen) atoms. The minimum atomic E-state index is 0.244. The van der Waals surface area contributed by atoms with Crippen molar-refractivity contribution >= 4 is 0 Å². The van der Waals surface area contributed by atoms with Gasteiger partial charge in [0, 0.05) is 32.2 Å². The van der Waals surface area contributed by atoms with Crippen molar-refractivity contribution in [3.05, 3.63) is 35.4 Å². The molecule has 0 aromatic heterocycles. The number of piperazine rings is 1. The Labute approximate surface area is 124 Å². The van der Waals surface area contributed by atoms with Crippen molar-refractivity contribution in [3.63, 3.8) is 0 Å². The first kappa shape index (κ1) is 15.5. The SMILES string of the molecule is CCC[C@H](c1ccc(C(C)(C)C)cc1)N1CCNCC1. The number of hydrogen-bond donors (Lipinski definition) is 1. The van der Waals surface area contributed by atoms with E-state index >= 15 is 0 Å². The zero-order chi connectivity index (χ0) is 14.6. The van der Waals surface area contributed by atoms with Crippen LogP contribution in [0.2, 0.25) is 0 Å². The molecule has 1 aromatic carbocycles. The highest BCUT2D eigenvalue weighted by Crippen LogP contribution is 2.29. The second-order valence-electron chi connectivity index (χ2n) is 6.96. The van der Waals surface area contributed by atoms with E-state index in [2.05, 4.69) is 62.2 Å². The van der Waals surface area contributed by atoms with Crippen LogP contribution in [0.5, 0.6) is 0 Å². The highest BCUT2D eigenvalue weighted by atomic mass is 15.2. The van der Waals surface area contributed by atoms with Crippen molar-refractivity contribution in [2.75, 3.05) is 26.2 Å². The Bertz CT molecular complexity index is 396. The first-order valence-corrected chi connectivity index (χ1v) is 8.07. The van der Waals surface area contributed by atoms with E-state index in [-0.39, 0.29) is 5.41 Å². The summed E-state index contributed by atoms with van der Waals surface area (Å²) in [7, 11) is 0. The molecule has 1 aliphatic heterocycles. The van der Waals surface area contributed by atoms with E-state index in [0.717, 1.165) is 13.1 Å². The standard InChI is InChI=1S/C18H30N2/c1-5-6-17(20-13-11-19-12-14-20)15-7-9-16(10-8-15)18(2,3)4/h7-10,17,19H,5-6,11-14H2,1-4H3/t17-/m1/s1. The number of rotatable bonds is 4. The fourth-order valence-electron chi connectivity index (χ4n) is 3.03. The molecule has 0 amide bonds. The third kappa shape index (κ3) is 3.83. The molecule has 1 fully saturated rings. The van der Waals surface area contributed by atoms with Gasteiger partial charge in [0.15, 0.2) is 0 Å². The monoisotopic (exact) mass is 274 g/mol. The zero-order valence-corrected chi connectivity index (χ0v) is 13.6. The highest BCUT2D eigenvalue weighted by Gasteiger charge is 2.22. The molecule has 0 radical (unpaired) electrons. The molecule has 1 aromatic rings. The van der Waals surface area contributed by atoms with Gasteiger partial charge in [-0.2, -0.15) is 0 Å². The van der Waals surface area contributed by atoms with Crippen LogP contribution >= 0.6 is 0 Å². The van der Waals surface area contributed by atoms with Gasteiger partial charge in [-0.05, 0) is 23.0 Å². The first-order valence-electron chi connectivity index (χ1n) is 8.07. The van der Waals surface area contributed by atoms with Gasteiger partial charge in [0.1, 0.15) is 0 Å². The number of benzene rings is 1. The zero-order valence-electron chi connectivity index (χ0n) is 13.6. The Morgan fingerprint density at radius 1 is 1.10 bits per heavy atom. The Morgan fingerprint density at radius 2 is 1.70 bits per heavy atom. The highest BCUT2D eigenvalue weighted by molar-refractivity contribution is 5.29. The molecule has 2 heteroatoms. The lowest BCUT2D eigenvalue weighted by Gasteiger charge is -2.35. The summed E-state index contributed by atoms with van der Waals surface area (Å²) in [6.07, 6.45) is 2.50. The predicted octanol–water partition coefficient (Wildman–Crippen LogP) is 3.73. The molecule has 1 aliphatic rings. The molecule has 112 valence electrons. The van der Waals surface area contributed by atoms with Crippen LogP contribution in [0.3, 0.4) is 0 Å². The van der Waals surface area contributed by atoms with Crippen molar-refractivity contribution in [2.45, 2.75) is 52.0 Å². The van der Waals surface area contributed by atoms with Crippen molar-refractivity contribution < 1.29 is 0 Å². The molecule has 0 aliphatic carbocycles. The Hall–Kier alpha value is -0.860. The van der Waals surface area contributed by atoms with Crippen LogP contribution in [-0.2, 0) is 5.41 Å². The summed E-state index contributed by atoms with van der Waals surface area (Å²) in [6.45, 7) is 13.7. The summed E-state index contributed by atoms with van der Waals surface area (Å²) >= 11 is 0. The normalized spacial score (nSPS) is 19.0. The molecular weight excluding hydrogens is 244 g/mol. The number of nitrogens with zero attached hydrogens (tertiary/aromatic N) is 1. The smallest absolute Gasteiger partial charge is 0.0349 e. The lowest BCUT2D eigenvalue weighted by Crippen LogP contribution is -2.45. The maximum atomic E-state index is 3.45. The molecule has 1 atom stereocenters. The maximum Gasteiger partial charge on any atom is 0.0349 e. The first-order chi connectivity index (χ1) is 9.52. The predicted molar refractivity (Wildman–Crippen MR) is 87.2 cm³/mol. The van der Waals surface area contributed by atoms with Gasteiger partial charge < -0.3 is 5.32 Å². The third-order valence-electron chi connectivity index (χ3n) is 4.32.